The minimum absolute atomic E-state index is 0.0142. The molecule has 0 saturated heterocycles. The molecule has 0 aliphatic carbocycles. The first-order valence-corrected chi connectivity index (χ1v) is 38.5. The van der Waals surface area contributed by atoms with Gasteiger partial charge in [0.15, 0.2) is 0 Å². The average molecular weight is 1410 g/mol. The van der Waals surface area contributed by atoms with Gasteiger partial charge in [-0.15, -0.1) is 0 Å². The molecule has 2 aliphatic heterocycles. The molecule has 0 radical (unpaired) electrons. The van der Waals surface area contributed by atoms with E-state index in [1.54, 1.807) is 4.57 Å². The normalized spacial score (nSPS) is 14.4. The summed E-state index contributed by atoms with van der Waals surface area (Å²) in [5.74, 6) is 0. The van der Waals surface area contributed by atoms with E-state index >= 15 is 0 Å². The molecule has 108 heavy (non-hydrogen) atoms. The van der Waals surface area contributed by atoms with Gasteiger partial charge in [-0.25, -0.2) is 0 Å². The van der Waals surface area contributed by atoms with Gasteiger partial charge in [0.25, 0.3) is 6.71 Å². The zero-order valence-corrected chi connectivity index (χ0v) is 66.7. The molecule has 2 aliphatic rings. The van der Waals surface area contributed by atoms with Crippen LogP contribution in [0.1, 0.15) is 180 Å². The van der Waals surface area contributed by atoms with Gasteiger partial charge in [-0.1, -0.05) is 349 Å². The number of aromatic nitrogens is 1. The van der Waals surface area contributed by atoms with Crippen LogP contribution in [0.25, 0.3) is 94.3 Å². The van der Waals surface area contributed by atoms with Crippen LogP contribution >= 0.6 is 0 Å². The molecule has 0 atom stereocenters. The van der Waals surface area contributed by atoms with Crippen LogP contribution in [0.3, 0.4) is 0 Å². The molecule has 0 bridgehead atoms. The number of benzene rings is 13. The fraction of sp³-hybridized carbons (Fsp3) is 0.250. The Morgan fingerprint density at radius 1 is 0.287 bits per heavy atom. The maximum Gasteiger partial charge on any atom is 0.252 e. The minimum atomic E-state index is -0.503. The number of hydrogen-bond acceptors (Lipinski definition) is 2. The maximum absolute atomic E-state index is 9.93. The predicted molar refractivity (Wildman–Crippen MR) is 469 cm³/mol. The Morgan fingerprint density at radius 2 is 0.593 bits per heavy atom. The zero-order valence-electron chi connectivity index (χ0n) is 74.7. The predicted octanol–water partition coefficient (Wildman–Crippen LogP) is 27.3. The Morgan fingerprint density at radius 3 is 0.944 bits per heavy atom. The summed E-state index contributed by atoms with van der Waals surface area (Å²) in [7, 11) is 0. The van der Waals surface area contributed by atoms with Crippen molar-refractivity contribution in [1.82, 2.24) is 4.57 Å². The van der Waals surface area contributed by atoms with E-state index in [9.17, 15) is 8.22 Å². The van der Waals surface area contributed by atoms with Crippen molar-refractivity contribution < 1.29 is 11.0 Å². The highest BCUT2D eigenvalue weighted by Gasteiger charge is 2.46. The van der Waals surface area contributed by atoms with Crippen LogP contribution in [-0.4, -0.2) is 11.3 Å². The SMILES string of the molecule is [2H]c1c([2H])c([2H])c2c(c1[2H])c1c([2H])c([2H])c([2H])c([2H])c1n2-c1ccc2c(c1)N(c1c(-c3ccc(C(C)(C)C)cc3)cccc1-c1ccc(C(C)(C)C)cc1)c1cc(-c3ccc(C(C)(C)C)cc3)cc3c1B2c1ccc(-c2c(C)cc(C(C)(C)C)cc2C)cc1N3c1c(-c2ccc(C(C)(C)C)cc2)cccc1-c1ccc(C(C)(C)C)cc1. The lowest BCUT2D eigenvalue weighted by atomic mass is 9.33. The Bertz CT molecular complexity index is 6100. The number of para-hydroxylation sites is 4. The van der Waals surface area contributed by atoms with Crippen LogP contribution in [0, 0.1) is 13.8 Å². The number of hydrogen-bond donors (Lipinski definition) is 0. The van der Waals surface area contributed by atoms with Crippen LogP contribution in [0.4, 0.5) is 34.1 Å². The molecule has 0 fully saturated rings. The first-order chi connectivity index (χ1) is 54.5. The number of aryl methyl sites for hydroxylation is 2. The molecule has 14 aromatic rings. The molecule has 538 valence electrons. The first kappa shape index (κ1) is 62.4. The minimum Gasteiger partial charge on any atom is -0.310 e. The summed E-state index contributed by atoms with van der Waals surface area (Å²) in [5, 5.41) is 0.0283. The summed E-state index contributed by atoms with van der Waals surface area (Å²) in [4.78, 5) is 5.10. The molecule has 13 aromatic carbocycles. The second kappa shape index (κ2) is 26.0. The Balaban J connectivity index is 1.13. The van der Waals surface area contributed by atoms with Crippen molar-refractivity contribution in [2.24, 2.45) is 0 Å². The van der Waals surface area contributed by atoms with Gasteiger partial charge in [-0.05, 0) is 194 Å². The zero-order chi connectivity index (χ0) is 83.0. The summed E-state index contributed by atoms with van der Waals surface area (Å²) in [6.45, 7) is 44.7. The number of rotatable bonds is 9. The highest BCUT2D eigenvalue weighted by Crippen LogP contribution is 2.55. The van der Waals surface area contributed by atoms with Gasteiger partial charge in [-0.3, -0.25) is 0 Å². The van der Waals surface area contributed by atoms with E-state index in [-0.39, 0.29) is 78.5 Å². The quantitative estimate of drug-likeness (QED) is 0.133. The molecule has 0 amide bonds. The lowest BCUT2D eigenvalue weighted by Crippen LogP contribution is -2.61. The van der Waals surface area contributed by atoms with E-state index < -0.39 is 30.9 Å². The van der Waals surface area contributed by atoms with Crippen molar-refractivity contribution in [3.63, 3.8) is 0 Å². The Kier molecular flexibility index (Phi) is 15.0. The molecule has 16 rings (SSSR count). The third kappa shape index (κ3) is 12.6. The van der Waals surface area contributed by atoms with Gasteiger partial charge < -0.3 is 14.4 Å². The van der Waals surface area contributed by atoms with E-state index in [0.717, 1.165) is 112 Å². The van der Waals surface area contributed by atoms with Gasteiger partial charge in [0.05, 0.1) is 33.4 Å². The van der Waals surface area contributed by atoms with E-state index in [1.165, 1.54) is 50.1 Å². The fourth-order valence-electron chi connectivity index (χ4n) is 16.7. The average Bonchev–Trinajstić information content (AvgIpc) is 0.876. The van der Waals surface area contributed by atoms with E-state index in [2.05, 4.69) is 361 Å². The van der Waals surface area contributed by atoms with Crippen LogP contribution in [0.2, 0.25) is 0 Å². The summed E-state index contributed by atoms with van der Waals surface area (Å²) in [6, 6.07) is 78.7. The highest BCUT2D eigenvalue weighted by atomic mass is 15.2. The van der Waals surface area contributed by atoms with Crippen molar-refractivity contribution in [3.05, 3.63) is 311 Å². The third-order valence-corrected chi connectivity index (χ3v) is 22.9. The molecule has 0 saturated carbocycles. The number of nitrogens with zero attached hydrogens (tertiary/aromatic N) is 3. The largest absolute Gasteiger partial charge is 0.310 e. The van der Waals surface area contributed by atoms with Gasteiger partial charge in [0, 0.05) is 61.5 Å². The molecule has 1 aromatic heterocycles. The monoisotopic (exact) mass is 1410 g/mol. The van der Waals surface area contributed by atoms with Crippen molar-refractivity contribution in [2.75, 3.05) is 9.80 Å². The number of fused-ring (bicyclic) bond motifs is 7. The van der Waals surface area contributed by atoms with Crippen molar-refractivity contribution in [2.45, 2.75) is 171 Å². The lowest BCUT2D eigenvalue weighted by molar-refractivity contribution is 0.589. The molecule has 0 N–H and O–H groups in total. The van der Waals surface area contributed by atoms with Crippen LogP contribution in [0.5, 0.6) is 0 Å². The van der Waals surface area contributed by atoms with Crippen LogP contribution < -0.4 is 26.2 Å². The van der Waals surface area contributed by atoms with Gasteiger partial charge in [0.1, 0.15) is 0 Å². The maximum atomic E-state index is 9.93. The summed E-state index contributed by atoms with van der Waals surface area (Å²) in [5.41, 5.74) is 30.4. The Hall–Kier alpha value is -10.7. The highest BCUT2D eigenvalue weighted by molar-refractivity contribution is 7.00. The second-order valence-electron chi connectivity index (χ2n) is 36.6. The molecular formula is C104H104BN3. The van der Waals surface area contributed by atoms with Crippen molar-refractivity contribution in [1.29, 1.82) is 0 Å². The van der Waals surface area contributed by atoms with Crippen molar-refractivity contribution >= 4 is 79.0 Å². The van der Waals surface area contributed by atoms with E-state index in [4.69, 9.17) is 2.74 Å². The standard InChI is InChI=1S/C104H104BN3/c1-65-59-79(104(18,19)20)60-66(2)95(65)72-45-57-87-91(61-72)107(97-81(68-37-48-75(49-38-68)100(6,7)8)29-25-30-82(97)69-39-50-76(51-40-69)101(9,10)11)93-62-73(67-35-46-74(47-36-67)99(3,4)5)63-94-96(93)105(87)88-58-56-80(106-89-33-23-21-27-85(89)86-28-22-24-34-90(86)106)64-92(88)108(94)98-83(70-41-52-77(53-42-70)102(12,13)14)31-26-32-84(98)71-43-54-78(55-44-71)103(15,16)17/h21-64H,1-20H3/i21D,22D,23D,24D,27D,28D,33D,34D. The summed E-state index contributed by atoms with van der Waals surface area (Å²) in [6.07, 6.45) is 0. The molecule has 4 heteroatoms. The molecule has 0 unspecified atom stereocenters. The van der Waals surface area contributed by atoms with E-state index in [0.29, 0.717) is 5.69 Å². The molecule has 0 spiro atoms. The first-order valence-electron chi connectivity index (χ1n) is 42.5. The molecule has 3 nitrogen and oxygen atoms in total. The van der Waals surface area contributed by atoms with Crippen LogP contribution in [0.15, 0.2) is 267 Å². The third-order valence-electron chi connectivity index (χ3n) is 22.9. The van der Waals surface area contributed by atoms with Crippen molar-refractivity contribution in [3.8, 4) is 72.4 Å². The molecule has 3 heterocycles. The lowest BCUT2D eigenvalue weighted by Gasteiger charge is -2.46. The Labute approximate surface area is 655 Å². The van der Waals surface area contributed by atoms with Gasteiger partial charge >= 0.3 is 0 Å². The van der Waals surface area contributed by atoms with E-state index in [1.807, 2.05) is 6.07 Å². The van der Waals surface area contributed by atoms with Gasteiger partial charge in [0.2, 0.25) is 0 Å². The smallest absolute Gasteiger partial charge is 0.252 e. The van der Waals surface area contributed by atoms with Crippen LogP contribution in [-0.2, 0) is 32.5 Å². The summed E-state index contributed by atoms with van der Waals surface area (Å²) >= 11 is 0. The number of anilines is 6. The fourth-order valence-corrected chi connectivity index (χ4v) is 16.7. The second-order valence-corrected chi connectivity index (χ2v) is 36.6. The van der Waals surface area contributed by atoms with Gasteiger partial charge in [-0.2, -0.15) is 0 Å². The topological polar surface area (TPSA) is 11.4 Å². The molecular weight excluding hydrogens is 1300 g/mol. The summed E-state index contributed by atoms with van der Waals surface area (Å²) < 4.78 is 77.9.